The molecule has 28 heavy (non-hydrogen) atoms. The van der Waals surface area contributed by atoms with Crippen LogP contribution >= 0.6 is 11.6 Å². The number of anilines is 2. The molecule has 0 aliphatic carbocycles. The molecule has 2 N–H and O–H groups in total. The van der Waals surface area contributed by atoms with E-state index >= 15 is 0 Å². The number of para-hydroxylation sites is 1. The molecule has 2 aromatic carbocycles. The number of nitrogens with zero attached hydrogens (tertiary/aromatic N) is 1. The molecule has 6 nitrogen and oxygen atoms in total. The Kier molecular flexibility index (Phi) is 6.27. The Morgan fingerprint density at radius 3 is 2.54 bits per heavy atom. The maximum atomic E-state index is 12.5. The number of sulfone groups is 1. The lowest BCUT2D eigenvalue weighted by Gasteiger charge is -2.34. The first-order chi connectivity index (χ1) is 13.2. The molecule has 1 heterocycles. The minimum atomic E-state index is -3.40. The van der Waals surface area contributed by atoms with Crippen LogP contribution in [0.2, 0.25) is 5.02 Å². The van der Waals surface area contributed by atoms with Gasteiger partial charge in [-0.3, -0.25) is 4.79 Å². The third-order valence-electron chi connectivity index (χ3n) is 4.95. The highest BCUT2D eigenvalue weighted by molar-refractivity contribution is 7.90. The van der Waals surface area contributed by atoms with Gasteiger partial charge < -0.3 is 15.1 Å². The lowest BCUT2D eigenvalue weighted by Crippen LogP contribution is -3.15. The second kappa shape index (κ2) is 8.51. The number of piperazine rings is 1. The summed E-state index contributed by atoms with van der Waals surface area (Å²) in [5.41, 5.74) is 2.66. The normalized spacial score (nSPS) is 15.5. The average molecular weight is 423 g/mol. The van der Waals surface area contributed by atoms with Crippen LogP contribution in [0.15, 0.2) is 47.4 Å². The fraction of sp³-hybridized carbons (Fsp3) is 0.350. The lowest BCUT2D eigenvalue weighted by molar-refractivity contribution is -0.892. The van der Waals surface area contributed by atoms with Crippen molar-refractivity contribution in [3.63, 3.8) is 0 Å². The van der Waals surface area contributed by atoms with Crippen LogP contribution in [0.3, 0.4) is 0 Å². The van der Waals surface area contributed by atoms with Crippen molar-refractivity contribution in [3.8, 4) is 0 Å². The van der Waals surface area contributed by atoms with Gasteiger partial charge in [0.15, 0.2) is 16.4 Å². The van der Waals surface area contributed by atoms with Gasteiger partial charge in [0.05, 0.1) is 36.8 Å². The number of carbonyl (C=O) groups is 1. The van der Waals surface area contributed by atoms with Gasteiger partial charge in [-0.25, -0.2) is 8.42 Å². The van der Waals surface area contributed by atoms with Crippen LogP contribution in [0.1, 0.15) is 5.56 Å². The highest BCUT2D eigenvalue weighted by Crippen LogP contribution is 2.24. The number of hydrogen-bond acceptors (Lipinski definition) is 4. The van der Waals surface area contributed by atoms with E-state index in [-0.39, 0.29) is 10.8 Å². The summed E-state index contributed by atoms with van der Waals surface area (Å²) in [6, 6.07) is 12.4. The molecule has 0 aromatic heterocycles. The van der Waals surface area contributed by atoms with Crippen LogP contribution in [0.25, 0.3) is 0 Å². The van der Waals surface area contributed by atoms with Gasteiger partial charge >= 0.3 is 0 Å². The van der Waals surface area contributed by atoms with E-state index in [0.29, 0.717) is 12.2 Å². The molecular formula is C20H25ClN3O3S+. The van der Waals surface area contributed by atoms with Crippen molar-refractivity contribution in [3.05, 3.63) is 53.1 Å². The van der Waals surface area contributed by atoms with E-state index in [1.165, 1.54) is 16.5 Å². The molecule has 2 aromatic rings. The van der Waals surface area contributed by atoms with Crippen molar-refractivity contribution < 1.29 is 18.1 Å². The molecule has 0 radical (unpaired) electrons. The van der Waals surface area contributed by atoms with Gasteiger partial charge in [0.1, 0.15) is 0 Å². The SMILES string of the molecule is Cc1ccc(Cl)cc1N1CC[NH+](CC(=O)Nc2ccccc2S(C)(=O)=O)CC1. The van der Waals surface area contributed by atoms with E-state index in [2.05, 4.69) is 17.1 Å². The van der Waals surface area contributed by atoms with E-state index in [1.54, 1.807) is 18.2 Å². The summed E-state index contributed by atoms with van der Waals surface area (Å²) in [6.45, 7) is 5.70. The highest BCUT2D eigenvalue weighted by atomic mass is 35.5. The molecule has 150 valence electrons. The van der Waals surface area contributed by atoms with Crippen LogP contribution in [-0.2, 0) is 14.6 Å². The minimum absolute atomic E-state index is 0.139. The molecule has 0 bridgehead atoms. The molecule has 1 amide bonds. The quantitative estimate of drug-likeness (QED) is 0.764. The molecule has 1 aliphatic rings. The Labute approximate surface area is 171 Å². The van der Waals surface area contributed by atoms with Crippen molar-refractivity contribution in [1.29, 1.82) is 0 Å². The van der Waals surface area contributed by atoms with Crippen LogP contribution < -0.4 is 15.1 Å². The predicted octanol–water partition coefficient (Wildman–Crippen LogP) is 1.40. The summed E-state index contributed by atoms with van der Waals surface area (Å²) in [4.78, 5) is 16.1. The van der Waals surface area contributed by atoms with Crippen molar-refractivity contribution in [1.82, 2.24) is 0 Å². The Hall–Kier alpha value is -2.09. The largest absolute Gasteiger partial charge is 0.360 e. The van der Waals surface area contributed by atoms with Gasteiger partial charge in [-0.1, -0.05) is 29.8 Å². The van der Waals surface area contributed by atoms with E-state index < -0.39 is 9.84 Å². The summed E-state index contributed by atoms with van der Waals surface area (Å²) in [5, 5.41) is 3.48. The third kappa shape index (κ3) is 5.04. The fourth-order valence-corrected chi connectivity index (χ4v) is 4.49. The Morgan fingerprint density at radius 2 is 1.86 bits per heavy atom. The van der Waals surface area contributed by atoms with Crippen molar-refractivity contribution in [2.75, 3.05) is 49.2 Å². The van der Waals surface area contributed by atoms with Gasteiger partial charge in [0.2, 0.25) is 0 Å². The topological polar surface area (TPSA) is 70.9 Å². The molecule has 1 aliphatic heterocycles. The Balaban J connectivity index is 1.58. The molecule has 0 unspecified atom stereocenters. The van der Waals surface area contributed by atoms with Gasteiger partial charge in [0.25, 0.3) is 5.91 Å². The molecule has 0 saturated carbocycles. The second-order valence-electron chi connectivity index (χ2n) is 7.16. The number of halogens is 1. The number of rotatable bonds is 5. The zero-order valence-corrected chi connectivity index (χ0v) is 17.6. The standard InChI is InChI=1S/C20H24ClN3O3S/c1-15-7-8-16(21)13-18(15)24-11-9-23(10-12-24)14-20(25)22-17-5-3-4-6-19(17)28(2,26)27/h3-8,13H,9-12,14H2,1-2H3,(H,22,25)/p+1. The first kappa shape index (κ1) is 20.6. The Bertz CT molecular complexity index is 970. The minimum Gasteiger partial charge on any atom is -0.360 e. The molecule has 1 fully saturated rings. The number of hydrogen-bond donors (Lipinski definition) is 2. The summed E-state index contributed by atoms with van der Waals surface area (Å²) >= 11 is 6.13. The fourth-order valence-electron chi connectivity index (χ4n) is 3.48. The number of amides is 1. The van der Waals surface area contributed by atoms with Gasteiger partial charge in [0, 0.05) is 17.0 Å². The maximum absolute atomic E-state index is 12.5. The lowest BCUT2D eigenvalue weighted by atomic mass is 10.1. The van der Waals surface area contributed by atoms with E-state index in [4.69, 9.17) is 11.6 Å². The van der Waals surface area contributed by atoms with Crippen LogP contribution in [-0.4, -0.2) is 53.3 Å². The number of nitrogens with one attached hydrogen (secondary N) is 2. The van der Waals surface area contributed by atoms with Gasteiger partial charge in [-0.15, -0.1) is 0 Å². The first-order valence-corrected chi connectivity index (χ1v) is 11.4. The number of carbonyl (C=O) groups excluding carboxylic acids is 1. The van der Waals surface area contributed by atoms with Crippen molar-refractivity contribution >= 4 is 38.7 Å². The zero-order valence-electron chi connectivity index (χ0n) is 16.0. The summed E-state index contributed by atoms with van der Waals surface area (Å²) in [6.07, 6.45) is 1.14. The van der Waals surface area contributed by atoms with E-state index in [0.717, 1.165) is 43.1 Å². The third-order valence-corrected chi connectivity index (χ3v) is 6.34. The van der Waals surface area contributed by atoms with Crippen LogP contribution in [0.5, 0.6) is 0 Å². The number of aryl methyl sites for hydroxylation is 1. The van der Waals surface area contributed by atoms with Crippen LogP contribution in [0, 0.1) is 6.92 Å². The Morgan fingerprint density at radius 1 is 1.18 bits per heavy atom. The number of benzene rings is 2. The van der Waals surface area contributed by atoms with Crippen molar-refractivity contribution in [2.24, 2.45) is 0 Å². The molecule has 8 heteroatoms. The van der Waals surface area contributed by atoms with Gasteiger partial charge in [-0.05, 0) is 36.8 Å². The van der Waals surface area contributed by atoms with Gasteiger partial charge in [-0.2, -0.15) is 0 Å². The first-order valence-electron chi connectivity index (χ1n) is 9.17. The van der Waals surface area contributed by atoms with Crippen molar-refractivity contribution in [2.45, 2.75) is 11.8 Å². The summed E-state index contributed by atoms with van der Waals surface area (Å²) < 4.78 is 23.8. The molecule has 0 atom stereocenters. The zero-order chi connectivity index (χ0) is 20.3. The molecule has 1 saturated heterocycles. The number of quaternary nitrogens is 1. The highest BCUT2D eigenvalue weighted by Gasteiger charge is 2.24. The molecule has 0 spiro atoms. The van der Waals surface area contributed by atoms with E-state index in [9.17, 15) is 13.2 Å². The molecular weight excluding hydrogens is 398 g/mol. The summed E-state index contributed by atoms with van der Waals surface area (Å²) in [7, 11) is -3.40. The van der Waals surface area contributed by atoms with E-state index in [1.807, 2.05) is 18.2 Å². The average Bonchev–Trinajstić information content (AvgIpc) is 2.64. The second-order valence-corrected chi connectivity index (χ2v) is 9.58. The maximum Gasteiger partial charge on any atom is 0.279 e. The molecule has 3 rings (SSSR count). The predicted molar refractivity (Wildman–Crippen MR) is 112 cm³/mol. The smallest absolute Gasteiger partial charge is 0.279 e. The summed E-state index contributed by atoms with van der Waals surface area (Å²) in [5.74, 6) is -0.182. The van der Waals surface area contributed by atoms with Crippen LogP contribution in [0.4, 0.5) is 11.4 Å². The monoisotopic (exact) mass is 422 g/mol.